The molecule has 4 nitrogen and oxygen atoms in total. The molecular formula is C12H15BrO4. The monoisotopic (exact) mass is 302 g/mol. The number of carboxylic acids is 1. The summed E-state index contributed by atoms with van der Waals surface area (Å²) >= 11 is 3.25. The number of methoxy groups -OCH3 is 1. The zero-order valence-electron chi connectivity index (χ0n) is 9.57. The van der Waals surface area contributed by atoms with E-state index in [0.29, 0.717) is 16.6 Å². The van der Waals surface area contributed by atoms with Crippen LogP contribution in [0.1, 0.15) is 24.8 Å². The number of carboxylic acid groups (broad SMARTS) is 1. The van der Waals surface area contributed by atoms with E-state index in [1.165, 1.54) is 7.11 Å². The van der Waals surface area contributed by atoms with Gasteiger partial charge in [-0.1, -0.05) is 0 Å². The normalized spacial score (nSPS) is 10.2. The van der Waals surface area contributed by atoms with Crippen molar-refractivity contribution in [3.8, 4) is 11.5 Å². The number of aryl methyl sites for hydroxylation is 1. The van der Waals surface area contributed by atoms with Crippen LogP contribution in [0, 0.1) is 0 Å². The lowest BCUT2D eigenvalue weighted by atomic mass is 10.1. The van der Waals surface area contributed by atoms with Crippen LogP contribution in [0.5, 0.6) is 11.5 Å². The number of ether oxygens (including phenoxy) is 1. The molecule has 1 aromatic rings. The van der Waals surface area contributed by atoms with E-state index in [0.717, 1.165) is 18.4 Å². The molecule has 0 atom stereocenters. The van der Waals surface area contributed by atoms with Crippen molar-refractivity contribution in [2.45, 2.75) is 25.7 Å². The Kier molecular flexibility index (Phi) is 5.28. The zero-order valence-corrected chi connectivity index (χ0v) is 11.2. The van der Waals surface area contributed by atoms with Crippen molar-refractivity contribution in [2.24, 2.45) is 0 Å². The number of benzene rings is 1. The average molecular weight is 303 g/mol. The topological polar surface area (TPSA) is 66.8 Å². The number of aromatic hydroxyl groups is 1. The highest BCUT2D eigenvalue weighted by molar-refractivity contribution is 9.10. The maximum Gasteiger partial charge on any atom is 0.303 e. The van der Waals surface area contributed by atoms with Gasteiger partial charge in [-0.05, 0) is 52.9 Å². The van der Waals surface area contributed by atoms with Gasteiger partial charge in [0.1, 0.15) is 0 Å². The van der Waals surface area contributed by atoms with E-state index in [4.69, 9.17) is 9.84 Å². The fourth-order valence-electron chi connectivity index (χ4n) is 1.53. The molecule has 1 rings (SSSR count). The van der Waals surface area contributed by atoms with Crippen LogP contribution in [0.2, 0.25) is 0 Å². The number of hydrogen-bond acceptors (Lipinski definition) is 3. The molecule has 1 aromatic carbocycles. The summed E-state index contributed by atoms with van der Waals surface area (Å²) in [5.74, 6) is -0.260. The Labute approximate surface area is 108 Å². The summed E-state index contributed by atoms with van der Waals surface area (Å²) < 4.78 is 5.62. The predicted octanol–water partition coefficient (Wildman–Crippen LogP) is 2.96. The molecule has 5 heteroatoms. The molecule has 0 amide bonds. The third-order valence-electron chi connectivity index (χ3n) is 2.41. The van der Waals surface area contributed by atoms with E-state index in [2.05, 4.69) is 15.9 Å². The van der Waals surface area contributed by atoms with Crippen molar-refractivity contribution in [3.05, 3.63) is 22.2 Å². The van der Waals surface area contributed by atoms with Gasteiger partial charge in [-0.15, -0.1) is 0 Å². The quantitative estimate of drug-likeness (QED) is 0.793. The average Bonchev–Trinajstić information content (AvgIpc) is 2.28. The van der Waals surface area contributed by atoms with Crippen molar-refractivity contribution in [1.82, 2.24) is 0 Å². The first-order chi connectivity index (χ1) is 8.04. The van der Waals surface area contributed by atoms with Crippen LogP contribution in [-0.4, -0.2) is 23.3 Å². The predicted molar refractivity (Wildman–Crippen MR) is 67.5 cm³/mol. The van der Waals surface area contributed by atoms with Crippen LogP contribution in [0.4, 0.5) is 0 Å². The minimum Gasteiger partial charge on any atom is -0.503 e. The Hall–Kier alpha value is -1.23. The molecule has 0 unspecified atom stereocenters. The number of aliphatic carboxylic acids is 1. The standard InChI is InChI=1S/C12H15BrO4/c1-17-10-7-8(6-9(13)12(10)16)4-2-3-5-11(14)15/h6-7,16H,2-5H2,1H3,(H,14,15). The maximum atomic E-state index is 10.3. The highest BCUT2D eigenvalue weighted by atomic mass is 79.9. The first kappa shape index (κ1) is 13.8. The summed E-state index contributed by atoms with van der Waals surface area (Å²) in [6, 6.07) is 3.58. The van der Waals surface area contributed by atoms with Crippen LogP contribution in [-0.2, 0) is 11.2 Å². The Balaban J connectivity index is 2.59. The Morgan fingerprint density at radius 3 is 2.71 bits per heavy atom. The van der Waals surface area contributed by atoms with Gasteiger partial charge in [-0.2, -0.15) is 0 Å². The van der Waals surface area contributed by atoms with Gasteiger partial charge < -0.3 is 14.9 Å². The first-order valence-electron chi connectivity index (χ1n) is 5.31. The van der Waals surface area contributed by atoms with Gasteiger partial charge in [0.2, 0.25) is 0 Å². The van der Waals surface area contributed by atoms with E-state index in [9.17, 15) is 9.90 Å². The second kappa shape index (κ2) is 6.49. The van der Waals surface area contributed by atoms with Crippen molar-refractivity contribution in [3.63, 3.8) is 0 Å². The number of phenolic OH excluding ortho intramolecular Hbond substituents is 1. The number of hydrogen-bond donors (Lipinski definition) is 2. The highest BCUT2D eigenvalue weighted by Gasteiger charge is 2.08. The fraction of sp³-hybridized carbons (Fsp3) is 0.417. The highest BCUT2D eigenvalue weighted by Crippen LogP contribution is 2.35. The van der Waals surface area contributed by atoms with Crippen molar-refractivity contribution in [2.75, 3.05) is 7.11 Å². The molecule has 17 heavy (non-hydrogen) atoms. The molecular weight excluding hydrogens is 288 g/mol. The molecule has 0 radical (unpaired) electrons. The van der Waals surface area contributed by atoms with Gasteiger partial charge in [0.25, 0.3) is 0 Å². The molecule has 0 aromatic heterocycles. The number of rotatable bonds is 6. The molecule has 0 heterocycles. The lowest BCUT2D eigenvalue weighted by Crippen LogP contribution is -1.95. The molecule has 0 fully saturated rings. The van der Waals surface area contributed by atoms with E-state index in [-0.39, 0.29) is 12.2 Å². The smallest absolute Gasteiger partial charge is 0.303 e. The molecule has 0 saturated carbocycles. The molecule has 0 aliphatic rings. The lowest BCUT2D eigenvalue weighted by Gasteiger charge is -2.08. The van der Waals surface area contributed by atoms with E-state index in [1.54, 1.807) is 6.07 Å². The molecule has 0 spiro atoms. The summed E-state index contributed by atoms with van der Waals surface area (Å²) in [7, 11) is 1.50. The summed E-state index contributed by atoms with van der Waals surface area (Å²) in [5.41, 5.74) is 1.01. The molecule has 0 bridgehead atoms. The summed E-state index contributed by atoms with van der Waals surface area (Å²) in [6.07, 6.45) is 2.40. The van der Waals surface area contributed by atoms with E-state index in [1.807, 2.05) is 6.07 Å². The third kappa shape index (κ3) is 4.26. The van der Waals surface area contributed by atoms with Gasteiger partial charge in [-0.25, -0.2) is 0 Å². The van der Waals surface area contributed by atoms with Crippen LogP contribution < -0.4 is 4.74 Å². The number of carbonyl (C=O) groups is 1. The number of halogens is 1. The summed E-state index contributed by atoms with van der Waals surface area (Å²) in [6.45, 7) is 0. The Morgan fingerprint density at radius 1 is 1.41 bits per heavy atom. The van der Waals surface area contributed by atoms with Crippen LogP contribution in [0.15, 0.2) is 16.6 Å². The zero-order chi connectivity index (χ0) is 12.8. The molecule has 0 aliphatic carbocycles. The van der Waals surface area contributed by atoms with E-state index >= 15 is 0 Å². The van der Waals surface area contributed by atoms with Gasteiger partial charge >= 0.3 is 5.97 Å². The molecule has 0 saturated heterocycles. The molecule has 94 valence electrons. The largest absolute Gasteiger partial charge is 0.503 e. The van der Waals surface area contributed by atoms with Gasteiger partial charge in [0, 0.05) is 6.42 Å². The van der Waals surface area contributed by atoms with Gasteiger partial charge in [0.05, 0.1) is 11.6 Å². The van der Waals surface area contributed by atoms with Crippen LogP contribution >= 0.6 is 15.9 Å². The molecule has 2 N–H and O–H groups in total. The maximum absolute atomic E-state index is 10.3. The van der Waals surface area contributed by atoms with Crippen molar-refractivity contribution in [1.29, 1.82) is 0 Å². The Bertz CT molecular complexity index is 404. The minimum atomic E-state index is -0.769. The number of phenols is 1. The van der Waals surface area contributed by atoms with Crippen molar-refractivity contribution >= 4 is 21.9 Å². The Morgan fingerprint density at radius 2 is 2.12 bits per heavy atom. The fourth-order valence-corrected chi connectivity index (χ4v) is 2.02. The van der Waals surface area contributed by atoms with Gasteiger partial charge in [0.15, 0.2) is 11.5 Å². The second-order valence-corrected chi connectivity index (χ2v) is 4.58. The second-order valence-electron chi connectivity index (χ2n) is 3.73. The number of unbranched alkanes of at least 4 members (excludes halogenated alkanes) is 1. The minimum absolute atomic E-state index is 0.0850. The SMILES string of the molecule is COc1cc(CCCCC(=O)O)cc(Br)c1O. The van der Waals surface area contributed by atoms with Crippen LogP contribution in [0.25, 0.3) is 0 Å². The van der Waals surface area contributed by atoms with Crippen LogP contribution in [0.3, 0.4) is 0 Å². The first-order valence-corrected chi connectivity index (χ1v) is 6.11. The summed E-state index contributed by atoms with van der Waals surface area (Å²) in [4.78, 5) is 10.3. The lowest BCUT2D eigenvalue weighted by molar-refractivity contribution is -0.137. The summed E-state index contributed by atoms with van der Waals surface area (Å²) in [5, 5.41) is 18.1. The van der Waals surface area contributed by atoms with Crippen molar-refractivity contribution < 1.29 is 19.7 Å². The van der Waals surface area contributed by atoms with Gasteiger partial charge in [-0.3, -0.25) is 4.79 Å². The third-order valence-corrected chi connectivity index (χ3v) is 3.02. The van der Waals surface area contributed by atoms with E-state index < -0.39 is 5.97 Å². The molecule has 0 aliphatic heterocycles.